The van der Waals surface area contributed by atoms with E-state index in [4.69, 9.17) is 0 Å². The molecular formula is C15H18BrFO2. The van der Waals surface area contributed by atoms with Gasteiger partial charge in [0.15, 0.2) is 0 Å². The molecule has 0 heterocycles. The molecule has 2 rings (SSSR count). The number of aliphatic carboxylic acids is 1. The highest BCUT2D eigenvalue weighted by atomic mass is 79.9. The molecule has 4 heteroatoms. The molecule has 1 aromatic carbocycles. The van der Waals surface area contributed by atoms with Gasteiger partial charge in [-0.1, -0.05) is 32.3 Å². The minimum atomic E-state index is -1.05. The van der Waals surface area contributed by atoms with E-state index in [-0.39, 0.29) is 0 Å². The Labute approximate surface area is 121 Å². The van der Waals surface area contributed by atoms with Crippen molar-refractivity contribution in [2.24, 2.45) is 0 Å². The zero-order valence-corrected chi connectivity index (χ0v) is 12.6. The minimum absolute atomic E-state index is 0.353. The van der Waals surface area contributed by atoms with E-state index in [2.05, 4.69) is 15.9 Å². The third-order valence-corrected chi connectivity index (χ3v) is 4.71. The maximum absolute atomic E-state index is 14.4. The highest BCUT2D eigenvalue weighted by Crippen LogP contribution is 2.42. The molecule has 0 radical (unpaired) electrons. The molecule has 0 aliphatic heterocycles. The summed E-state index contributed by atoms with van der Waals surface area (Å²) < 4.78 is 14.8. The van der Waals surface area contributed by atoms with Crippen LogP contribution in [0.5, 0.6) is 0 Å². The predicted octanol–water partition coefficient (Wildman–Crippen LogP) is 4.44. The zero-order valence-electron chi connectivity index (χ0n) is 11.0. The normalized spacial score (nSPS) is 18.3. The molecule has 1 aliphatic carbocycles. The van der Waals surface area contributed by atoms with Crippen molar-refractivity contribution in [2.75, 3.05) is 0 Å². The van der Waals surface area contributed by atoms with E-state index in [0.29, 0.717) is 22.9 Å². The van der Waals surface area contributed by atoms with Gasteiger partial charge in [-0.2, -0.15) is 0 Å². The van der Waals surface area contributed by atoms with Gasteiger partial charge in [-0.05, 0) is 46.8 Å². The average Bonchev–Trinajstić information content (AvgIpc) is 2.42. The Morgan fingerprint density at radius 1 is 1.37 bits per heavy atom. The Kier molecular flexibility index (Phi) is 4.29. The van der Waals surface area contributed by atoms with Crippen LogP contribution in [0.4, 0.5) is 4.39 Å². The van der Waals surface area contributed by atoms with E-state index in [1.54, 1.807) is 12.1 Å². The summed E-state index contributed by atoms with van der Waals surface area (Å²) in [6.07, 6.45) is 4.55. The fourth-order valence-electron chi connectivity index (χ4n) is 2.95. The molecule has 0 amide bonds. The molecule has 0 aromatic heterocycles. The van der Waals surface area contributed by atoms with Crippen LogP contribution >= 0.6 is 15.9 Å². The molecular weight excluding hydrogens is 311 g/mol. The smallest absolute Gasteiger partial charge is 0.314 e. The molecule has 2 nitrogen and oxygen atoms in total. The first kappa shape index (κ1) is 14.5. The number of carboxylic acids is 1. The Balaban J connectivity index is 2.59. The molecule has 104 valence electrons. The molecule has 0 atom stereocenters. The van der Waals surface area contributed by atoms with Crippen molar-refractivity contribution in [2.45, 2.75) is 50.9 Å². The second-order valence-electron chi connectivity index (χ2n) is 5.24. The lowest BCUT2D eigenvalue weighted by Gasteiger charge is -2.34. The summed E-state index contributed by atoms with van der Waals surface area (Å²) in [4.78, 5) is 11.8. The highest BCUT2D eigenvalue weighted by Gasteiger charge is 2.43. The number of aryl methyl sites for hydroxylation is 1. The molecule has 1 aliphatic rings. The molecule has 0 spiro atoms. The van der Waals surface area contributed by atoms with Crippen LogP contribution in [0.1, 0.15) is 50.2 Å². The first-order valence-corrected chi connectivity index (χ1v) is 7.52. The third kappa shape index (κ3) is 2.55. The van der Waals surface area contributed by atoms with E-state index in [9.17, 15) is 14.3 Å². The van der Waals surface area contributed by atoms with Gasteiger partial charge in [-0.15, -0.1) is 0 Å². The van der Waals surface area contributed by atoms with Crippen LogP contribution < -0.4 is 0 Å². The molecule has 1 aromatic rings. The lowest BCUT2D eigenvalue weighted by molar-refractivity contribution is -0.145. The Morgan fingerprint density at radius 3 is 2.53 bits per heavy atom. The van der Waals surface area contributed by atoms with Gasteiger partial charge in [-0.25, -0.2) is 4.39 Å². The van der Waals surface area contributed by atoms with Crippen molar-refractivity contribution in [1.29, 1.82) is 0 Å². The van der Waals surface area contributed by atoms with Gasteiger partial charge in [0.25, 0.3) is 0 Å². The lowest BCUT2D eigenvalue weighted by atomic mass is 9.69. The highest BCUT2D eigenvalue weighted by molar-refractivity contribution is 9.10. The van der Waals surface area contributed by atoms with Crippen LogP contribution in [0.3, 0.4) is 0 Å². The van der Waals surface area contributed by atoms with Crippen LogP contribution in [-0.2, 0) is 16.6 Å². The second-order valence-corrected chi connectivity index (χ2v) is 6.09. The maximum Gasteiger partial charge on any atom is 0.314 e. The fraction of sp³-hybridized carbons (Fsp3) is 0.533. The van der Waals surface area contributed by atoms with E-state index in [0.717, 1.165) is 31.2 Å². The van der Waals surface area contributed by atoms with Gasteiger partial charge in [0.2, 0.25) is 0 Å². The molecule has 0 bridgehead atoms. The minimum Gasteiger partial charge on any atom is -0.481 e. The van der Waals surface area contributed by atoms with Crippen LogP contribution in [0.2, 0.25) is 0 Å². The predicted molar refractivity (Wildman–Crippen MR) is 75.9 cm³/mol. The molecule has 1 fully saturated rings. The first-order chi connectivity index (χ1) is 9.01. The molecule has 0 saturated heterocycles. The van der Waals surface area contributed by atoms with Crippen LogP contribution in [0, 0.1) is 5.82 Å². The SMILES string of the molecule is CCc1cc(Br)c(F)c(C2(C(=O)O)CCCCC2)c1. The van der Waals surface area contributed by atoms with Crippen molar-refractivity contribution < 1.29 is 14.3 Å². The maximum atomic E-state index is 14.4. The number of hydrogen-bond donors (Lipinski definition) is 1. The topological polar surface area (TPSA) is 37.3 Å². The van der Waals surface area contributed by atoms with Gasteiger partial charge < -0.3 is 5.11 Å². The Morgan fingerprint density at radius 2 is 2.00 bits per heavy atom. The van der Waals surface area contributed by atoms with Gasteiger partial charge in [0, 0.05) is 5.56 Å². The van der Waals surface area contributed by atoms with Gasteiger partial charge in [0.05, 0.1) is 9.89 Å². The van der Waals surface area contributed by atoms with E-state index >= 15 is 0 Å². The van der Waals surface area contributed by atoms with Crippen LogP contribution in [-0.4, -0.2) is 11.1 Å². The number of carboxylic acid groups (broad SMARTS) is 1. The van der Waals surface area contributed by atoms with E-state index in [1.807, 2.05) is 6.92 Å². The molecule has 0 unspecified atom stereocenters. The van der Waals surface area contributed by atoms with E-state index in [1.165, 1.54) is 0 Å². The summed E-state index contributed by atoms with van der Waals surface area (Å²) in [5, 5.41) is 9.64. The fourth-order valence-corrected chi connectivity index (χ4v) is 3.46. The molecule has 1 saturated carbocycles. The monoisotopic (exact) mass is 328 g/mol. The van der Waals surface area contributed by atoms with Crippen LogP contribution in [0.15, 0.2) is 16.6 Å². The Hall–Kier alpha value is -0.900. The van der Waals surface area contributed by atoms with Crippen molar-refractivity contribution >= 4 is 21.9 Å². The quantitative estimate of drug-likeness (QED) is 0.890. The standard InChI is InChI=1S/C15H18BrFO2/c1-2-10-8-11(13(17)12(16)9-10)15(14(18)19)6-4-3-5-7-15/h8-9H,2-7H2,1H3,(H,18,19). The number of rotatable bonds is 3. The summed E-state index contributed by atoms with van der Waals surface area (Å²) in [5.74, 6) is -1.31. The van der Waals surface area contributed by atoms with Gasteiger partial charge >= 0.3 is 5.97 Å². The lowest BCUT2D eigenvalue weighted by Crippen LogP contribution is -2.38. The van der Waals surface area contributed by atoms with Crippen molar-refractivity contribution in [3.05, 3.63) is 33.5 Å². The number of hydrogen-bond acceptors (Lipinski definition) is 1. The van der Waals surface area contributed by atoms with Gasteiger partial charge in [0.1, 0.15) is 5.82 Å². The number of benzene rings is 1. The summed E-state index contributed by atoms with van der Waals surface area (Å²) >= 11 is 3.21. The summed E-state index contributed by atoms with van der Waals surface area (Å²) in [6, 6.07) is 3.47. The first-order valence-electron chi connectivity index (χ1n) is 6.73. The second kappa shape index (κ2) is 5.61. The average molecular weight is 329 g/mol. The Bertz CT molecular complexity index is 493. The van der Waals surface area contributed by atoms with Gasteiger partial charge in [-0.3, -0.25) is 4.79 Å². The summed E-state index contributed by atoms with van der Waals surface area (Å²) in [7, 11) is 0. The van der Waals surface area contributed by atoms with Crippen LogP contribution in [0.25, 0.3) is 0 Å². The largest absolute Gasteiger partial charge is 0.481 e. The molecule has 1 N–H and O–H groups in total. The third-order valence-electron chi connectivity index (χ3n) is 4.13. The summed E-state index contributed by atoms with van der Waals surface area (Å²) in [5.41, 5.74) is 0.274. The number of carbonyl (C=O) groups is 1. The van der Waals surface area contributed by atoms with E-state index < -0.39 is 17.2 Å². The molecule has 19 heavy (non-hydrogen) atoms. The van der Waals surface area contributed by atoms with Crippen molar-refractivity contribution in [1.82, 2.24) is 0 Å². The van der Waals surface area contributed by atoms with Crippen molar-refractivity contribution in [3.63, 3.8) is 0 Å². The zero-order chi connectivity index (χ0) is 14.0. The summed E-state index contributed by atoms with van der Waals surface area (Å²) in [6.45, 7) is 1.98. The van der Waals surface area contributed by atoms with Crippen molar-refractivity contribution in [3.8, 4) is 0 Å². The number of halogens is 2.